The van der Waals surface area contributed by atoms with Gasteiger partial charge in [-0.05, 0) is 23.8 Å². The Kier molecular flexibility index (Phi) is 6.78. The van der Waals surface area contributed by atoms with E-state index in [1.807, 2.05) is 10.9 Å². The monoisotopic (exact) mass is 364 g/mol. The van der Waals surface area contributed by atoms with E-state index in [0.717, 1.165) is 31.2 Å². The van der Waals surface area contributed by atoms with Gasteiger partial charge in [0.15, 0.2) is 6.61 Å². The van der Waals surface area contributed by atoms with Crippen LogP contribution in [0.5, 0.6) is 0 Å². The van der Waals surface area contributed by atoms with Crippen molar-refractivity contribution in [1.82, 2.24) is 10.9 Å². The molecule has 24 heavy (non-hydrogen) atoms. The molecule has 0 aliphatic carbocycles. The van der Waals surface area contributed by atoms with Gasteiger partial charge in [-0.2, -0.15) is 13.2 Å². The number of halogens is 4. The summed E-state index contributed by atoms with van der Waals surface area (Å²) in [6, 6.07) is 3.11. The minimum Gasteiger partial charge on any atom is -0.452 e. The quantitative estimate of drug-likeness (QED) is 0.487. The van der Waals surface area contributed by atoms with Crippen molar-refractivity contribution in [1.29, 1.82) is 0 Å². The number of nitrogens with one attached hydrogen (secondary N) is 2. The summed E-state index contributed by atoms with van der Waals surface area (Å²) in [5.41, 5.74) is 2.99. The van der Waals surface area contributed by atoms with Gasteiger partial charge in [0.1, 0.15) is 0 Å². The molecule has 130 valence electrons. The highest BCUT2D eigenvalue weighted by molar-refractivity contribution is 6.31. The smallest absolute Gasteiger partial charge is 0.417 e. The second-order valence-electron chi connectivity index (χ2n) is 4.41. The molecular weight excluding hydrogens is 353 g/mol. The SMILES string of the molecule is CC(=O)NNC(=O)COC(=O)/C=C/c1ccc(Cl)c(C(F)(F)F)c1. The fraction of sp³-hybridized carbons (Fsp3) is 0.214. The molecule has 0 bridgehead atoms. The second kappa shape index (κ2) is 8.34. The van der Waals surface area contributed by atoms with Crippen molar-refractivity contribution < 1.29 is 32.3 Å². The second-order valence-corrected chi connectivity index (χ2v) is 4.81. The first-order chi connectivity index (χ1) is 11.1. The van der Waals surface area contributed by atoms with Crippen molar-refractivity contribution in [3.8, 4) is 0 Å². The largest absolute Gasteiger partial charge is 0.452 e. The van der Waals surface area contributed by atoms with Crippen LogP contribution in [0, 0.1) is 0 Å². The maximum atomic E-state index is 12.7. The van der Waals surface area contributed by atoms with Crippen molar-refractivity contribution in [2.75, 3.05) is 6.61 Å². The minimum atomic E-state index is -4.62. The van der Waals surface area contributed by atoms with Crippen LogP contribution in [0.2, 0.25) is 5.02 Å². The third-order valence-corrected chi connectivity index (χ3v) is 2.76. The Hall–Kier alpha value is -2.55. The number of rotatable bonds is 4. The standard InChI is InChI=1S/C14H12ClF3N2O4/c1-8(21)19-20-12(22)7-24-13(23)5-3-9-2-4-11(15)10(6-9)14(16,17)18/h2-6H,7H2,1H3,(H,19,21)(H,20,22)/b5-3+. The lowest BCUT2D eigenvalue weighted by Crippen LogP contribution is -2.42. The average Bonchev–Trinajstić information content (AvgIpc) is 2.48. The van der Waals surface area contributed by atoms with Crippen LogP contribution in [0.3, 0.4) is 0 Å². The summed E-state index contributed by atoms with van der Waals surface area (Å²) in [5.74, 6) is -2.24. The summed E-state index contributed by atoms with van der Waals surface area (Å²) in [6.45, 7) is 0.494. The maximum Gasteiger partial charge on any atom is 0.417 e. The number of hydrazine groups is 1. The number of alkyl halides is 3. The van der Waals surface area contributed by atoms with Gasteiger partial charge in [0.2, 0.25) is 5.91 Å². The number of hydrogen-bond acceptors (Lipinski definition) is 4. The molecule has 2 N–H and O–H groups in total. The van der Waals surface area contributed by atoms with Crippen LogP contribution in [-0.2, 0) is 25.3 Å². The molecule has 0 aromatic heterocycles. The molecule has 6 nitrogen and oxygen atoms in total. The fourth-order valence-corrected chi connectivity index (χ4v) is 1.63. The number of benzene rings is 1. The number of carbonyl (C=O) groups excluding carboxylic acids is 3. The Morgan fingerprint density at radius 2 is 1.92 bits per heavy atom. The zero-order valence-electron chi connectivity index (χ0n) is 12.2. The maximum absolute atomic E-state index is 12.7. The van der Waals surface area contributed by atoms with Gasteiger partial charge in [-0.25, -0.2) is 4.79 Å². The Morgan fingerprint density at radius 1 is 1.25 bits per heavy atom. The first kappa shape index (κ1) is 19.5. The minimum absolute atomic E-state index is 0.0753. The van der Waals surface area contributed by atoms with Crippen LogP contribution < -0.4 is 10.9 Å². The first-order valence-corrected chi connectivity index (χ1v) is 6.74. The van der Waals surface area contributed by atoms with E-state index in [0.29, 0.717) is 0 Å². The highest BCUT2D eigenvalue weighted by Crippen LogP contribution is 2.35. The lowest BCUT2D eigenvalue weighted by atomic mass is 10.1. The van der Waals surface area contributed by atoms with Crippen LogP contribution >= 0.6 is 11.6 Å². The van der Waals surface area contributed by atoms with Crippen LogP contribution in [-0.4, -0.2) is 24.4 Å². The van der Waals surface area contributed by atoms with E-state index < -0.39 is 41.2 Å². The topological polar surface area (TPSA) is 84.5 Å². The number of esters is 1. The summed E-state index contributed by atoms with van der Waals surface area (Å²) >= 11 is 5.47. The Labute approximate surface area is 139 Å². The van der Waals surface area contributed by atoms with E-state index >= 15 is 0 Å². The highest BCUT2D eigenvalue weighted by atomic mass is 35.5. The van der Waals surface area contributed by atoms with Crippen molar-refractivity contribution in [2.24, 2.45) is 0 Å². The molecule has 0 aliphatic rings. The predicted octanol–water partition coefficient (Wildman–Crippen LogP) is 2.08. The molecule has 0 saturated carbocycles. The number of ether oxygens (including phenoxy) is 1. The number of hydrogen-bond donors (Lipinski definition) is 2. The molecule has 0 radical (unpaired) electrons. The molecule has 0 atom stereocenters. The molecule has 0 fully saturated rings. The van der Waals surface area contributed by atoms with Crippen molar-refractivity contribution in [3.63, 3.8) is 0 Å². The van der Waals surface area contributed by atoms with E-state index in [4.69, 9.17) is 11.6 Å². The molecule has 0 aliphatic heterocycles. The van der Waals surface area contributed by atoms with Crippen LogP contribution in [0.4, 0.5) is 13.2 Å². The van der Waals surface area contributed by atoms with E-state index in [-0.39, 0.29) is 5.56 Å². The third kappa shape index (κ3) is 6.69. The number of carbonyl (C=O) groups is 3. The molecule has 10 heteroatoms. The van der Waals surface area contributed by atoms with E-state index in [1.54, 1.807) is 0 Å². The fourth-order valence-electron chi connectivity index (χ4n) is 1.41. The van der Waals surface area contributed by atoms with E-state index in [1.165, 1.54) is 6.07 Å². The van der Waals surface area contributed by atoms with Gasteiger partial charge in [-0.3, -0.25) is 20.4 Å². The zero-order chi connectivity index (χ0) is 18.3. The molecule has 0 spiro atoms. The lowest BCUT2D eigenvalue weighted by Gasteiger charge is -2.09. The molecule has 1 aromatic rings. The van der Waals surface area contributed by atoms with Crippen LogP contribution in [0.25, 0.3) is 6.08 Å². The Morgan fingerprint density at radius 3 is 2.50 bits per heavy atom. The molecule has 1 aromatic carbocycles. The van der Waals surface area contributed by atoms with Crippen molar-refractivity contribution in [2.45, 2.75) is 13.1 Å². The molecule has 0 heterocycles. The van der Waals surface area contributed by atoms with Gasteiger partial charge in [-0.15, -0.1) is 0 Å². The molecule has 1 rings (SSSR count). The van der Waals surface area contributed by atoms with Gasteiger partial charge < -0.3 is 4.74 Å². The van der Waals surface area contributed by atoms with Gasteiger partial charge >= 0.3 is 12.1 Å². The predicted molar refractivity (Wildman–Crippen MR) is 78.4 cm³/mol. The molecule has 2 amide bonds. The summed E-state index contributed by atoms with van der Waals surface area (Å²) < 4.78 is 42.6. The summed E-state index contributed by atoms with van der Waals surface area (Å²) in [7, 11) is 0. The van der Waals surface area contributed by atoms with Gasteiger partial charge in [0, 0.05) is 13.0 Å². The molecular formula is C14H12ClF3N2O4. The van der Waals surface area contributed by atoms with E-state index in [9.17, 15) is 27.6 Å². The highest BCUT2D eigenvalue weighted by Gasteiger charge is 2.33. The zero-order valence-corrected chi connectivity index (χ0v) is 13.0. The first-order valence-electron chi connectivity index (χ1n) is 6.36. The van der Waals surface area contributed by atoms with Crippen molar-refractivity contribution in [3.05, 3.63) is 40.4 Å². The third-order valence-electron chi connectivity index (χ3n) is 2.43. The number of amides is 2. The lowest BCUT2D eigenvalue weighted by molar-refractivity contribution is -0.144. The van der Waals surface area contributed by atoms with Gasteiger partial charge in [0.25, 0.3) is 5.91 Å². The van der Waals surface area contributed by atoms with Crippen molar-refractivity contribution >= 4 is 35.5 Å². The van der Waals surface area contributed by atoms with Gasteiger partial charge in [-0.1, -0.05) is 17.7 Å². The Bertz CT molecular complexity index is 674. The van der Waals surface area contributed by atoms with Crippen LogP contribution in [0.15, 0.2) is 24.3 Å². The average molecular weight is 365 g/mol. The normalized spacial score (nSPS) is 11.2. The summed E-state index contributed by atoms with van der Waals surface area (Å²) in [4.78, 5) is 33.1. The Balaban J connectivity index is 2.61. The van der Waals surface area contributed by atoms with Crippen LogP contribution in [0.1, 0.15) is 18.1 Å². The summed E-state index contributed by atoms with van der Waals surface area (Å²) in [5, 5.41) is -0.461. The molecule has 0 saturated heterocycles. The van der Waals surface area contributed by atoms with E-state index in [2.05, 4.69) is 4.74 Å². The summed E-state index contributed by atoms with van der Waals surface area (Å²) in [6.07, 6.45) is -2.68. The molecule has 0 unspecified atom stereocenters. The van der Waals surface area contributed by atoms with Gasteiger partial charge in [0.05, 0.1) is 10.6 Å².